The predicted molar refractivity (Wildman–Crippen MR) is 53.6 cm³/mol. The van der Waals surface area contributed by atoms with Crippen LogP contribution in [0.3, 0.4) is 0 Å². The SMILES string of the molecule is O=[N+]([O-])c1ccccc1COC[C@@H](F)CF. The Morgan fingerprint density at radius 1 is 1.44 bits per heavy atom. The van der Waals surface area contributed by atoms with Gasteiger partial charge in [0, 0.05) is 6.07 Å². The molecule has 1 rings (SSSR count). The summed E-state index contributed by atoms with van der Waals surface area (Å²) in [6.45, 7) is -1.61. The number of nitro benzene ring substituents is 1. The molecule has 4 nitrogen and oxygen atoms in total. The molecule has 0 radical (unpaired) electrons. The highest BCUT2D eigenvalue weighted by Crippen LogP contribution is 2.18. The van der Waals surface area contributed by atoms with E-state index in [0.717, 1.165) is 0 Å². The van der Waals surface area contributed by atoms with Crippen molar-refractivity contribution in [2.45, 2.75) is 12.8 Å². The van der Waals surface area contributed by atoms with Crippen molar-refractivity contribution >= 4 is 5.69 Å². The zero-order valence-electron chi connectivity index (χ0n) is 8.44. The Labute approximate surface area is 91.0 Å². The Morgan fingerprint density at radius 2 is 2.12 bits per heavy atom. The average Bonchev–Trinajstić information content (AvgIpc) is 2.29. The maximum Gasteiger partial charge on any atom is 0.274 e. The number of hydrogen-bond donors (Lipinski definition) is 0. The quantitative estimate of drug-likeness (QED) is 0.558. The number of rotatable bonds is 6. The van der Waals surface area contributed by atoms with Crippen LogP contribution in [0.4, 0.5) is 14.5 Å². The zero-order chi connectivity index (χ0) is 12.0. The third-order valence-electron chi connectivity index (χ3n) is 1.91. The van der Waals surface area contributed by atoms with Crippen LogP contribution < -0.4 is 0 Å². The molecule has 0 N–H and O–H groups in total. The second-order valence-electron chi connectivity index (χ2n) is 3.15. The normalized spacial score (nSPS) is 12.4. The number of nitro groups is 1. The highest BCUT2D eigenvalue weighted by molar-refractivity contribution is 5.39. The molecular formula is C10H11F2NO3. The van der Waals surface area contributed by atoms with E-state index in [1.54, 1.807) is 6.07 Å². The van der Waals surface area contributed by atoms with Gasteiger partial charge in [0.25, 0.3) is 5.69 Å². The van der Waals surface area contributed by atoms with Crippen molar-refractivity contribution in [1.82, 2.24) is 0 Å². The molecule has 1 aromatic carbocycles. The summed E-state index contributed by atoms with van der Waals surface area (Å²) in [5, 5.41) is 10.6. The van der Waals surface area contributed by atoms with Crippen LogP contribution in [0.15, 0.2) is 24.3 Å². The maximum atomic E-state index is 12.5. The summed E-state index contributed by atoms with van der Waals surface area (Å²) in [4.78, 5) is 10.0. The van der Waals surface area contributed by atoms with Gasteiger partial charge in [0.2, 0.25) is 0 Å². The maximum absolute atomic E-state index is 12.5. The van der Waals surface area contributed by atoms with Crippen LogP contribution in [0.2, 0.25) is 0 Å². The number of alkyl halides is 2. The molecule has 0 spiro atoms. The molecule has 1 aromatic rings. The first kappa shape index (κ1) is 12.5. The highest BCUT2D eigenvalue weighted by atomic mass is 19.2. The summed E-state index contributed by atoms with van der Waals surface area (Å²) >= 11 is 0. The Kier molecular flexibility index (Phi) is 4.78. The third kappa shape index (κ3) is 3.54. The number of nitrogens with zero attached hydrogens (tertiary/aromatic N) is 1. The predicted octanol–water partition coefficient (Wildman–Crippen LogP) is 2.42. The van der Waals surface area contributed by atoms with E-state index >= 15 is 0 Å². The molecule has 0 aromatic heterocycles. The van der Waals surface area contributed by atoms with Gasteiger partial charge in [-0.05, 0) is 6.07 Å². The van der Waals surface area contributed by atoms with Crippen LogP contribution in [0.25, 0.3) is 0 Å². The standard InChI is InChI=1S/C10H11F2NO3/c11-5-9(12)7-16-6-8-3-1-2-4-10(8)13(14)15/h1-4,9H,5-7H2/t9-/m0/s1. The van der Waals surface area contributed by atoms with Gasteiger partial charge in [-0.15, -0.1) is 0 Å². The fourth-order valence-corrected chi connectivity index (χ4v) is 1.15. The highest BCUT2D eigenvalue weighted by Gasteiger charge is 2.13. The van der Waals surface area contributed by atoms with E-state index in [9.17, 15) is 18.9 Å². The minimum Gasteiger partial charge on any atom is -0.373 e. The van der Waals surface area contributed by atoms with E-state index in [4.69, 9.17) is 4.74 Å². The molecule has 0 saturated carbocycles. The van der Waals surface area contributed by atoms with Gasteiger partial charge in [0.15, 0.2) is 6.17 Å². The molecule has 0 bridgehead atoms. The van der Waals surface area contributed by atoms with Gasteiger partial charge in [0.1, 0.15) is 6.67 Å². The minimum absolute atomic E-state index is 0.0850. The summed E-state index contributed by atoms with van der Waals surface area (Å²) in [5.41, 5.74) is 0.261. The molecule has 0 aliphatic rings. The first-order chi connectivity index (χ1) is 7.65. The first-order valence-electron chi connectivity index (χ1n) is 4.65. The Hall–Kier alpha value is -1.56. The zero-order valence-corrected chi connectivity index (χ0v) is 8.44. The van der Waals surface area contributed by atoms with E-state index in [1.165, 1.54) is 18.2 Å². The fraction of sp³-hybridized carbons (Fsp3) is 0.400. The molecule has 0 saturated heterocycles. The van der Waals surface area contributed by atoms with Gasteiger partial charge < -0.3 is 4.74 Å². The van der Waals surface area contributed by atoms with Crippen molar-refractivity contribution in [2.75, 3.05) is 13.3 Å². The third-order valence-corrected chi connectivity index (χ3v) is 1.91. The molecular weight excluding hydrogens is 220 g/mol. The van der Waals surface area contributed by atoms with Gasteiger partial charge in [-0.25, -0.2) is 8.78 Å². The smallest absolute Gasteiger partial charge is 0.274 e. The molecule has 0 heterocycles. The lowest BCUT2D eigenvalue weighted by Crippen LogP contribution is -2.12. The van der Waals surface area contributed by atoms with Crippen LogP contribution in [-0.2, 0) is 11.3 Å². The molecule has 0 unspecified atom stereocenters. The van der Waals surface area contributed by atoms with Gasteiger partial charge in [0.05, 0.1) is 23.7 Å². The van der Waals surface area contributed by atoms with Gasteiger partial charge in [-0.1, -0.05) is 12.1 Å². The van der Waals surface area contributed by atoms with Crippen molar-refractivity contribution in [3.63, 3.8) is 0 Å². The first-order valence-corrected chi connectivity index (χ1v) is 4.65. The largest absolute Gasteiger partial charge is 0.373 e. The van der Waals surface area contributed by atoms with Crippen LogP contribution in [0.1, 0.15) is 5.56 Å². The molecule has 16 heavy (non-hydrogen) atoms. The van der Waals surface area contributed by atoms with Crippen molar-refractivity contribution in [2.24, 2.45) is 0 Å². The van der Waals surface area contributed by atoms with E-state index in [0.29, 0.717) is 5.56 Å². The van der Waals surface area contributed by atoms with Crippen molar-refractivity contribution < 1.29 is 18.4 Å². The molecule has 0 aliphatic carbocycles. The summed E-state index contributed by atoms with van der Waals surface area (Å²) in [6, 6.07) is 6.00. The van der Waals surface area contributed by atoms with Gasteiger partial charge >= 0.3 is 0 Å². The van der Waals surface area contributed by atoms with Crippen LogP contribution >= 0.6 is 0 Å². The monoisotopic (exact) mass is 231 g/mol. The minimum atomic E-state index is -1.68. The lowest BCUT2D eigenvalue weighted by molar-refractivity contribution is -0.386. The van der Waals surface area contributed by atoms with Crippen LogP contribution in [0.5, 0.6) is 0 Å². The van der Waals surface area contributed by atoms with Gasteiger partial charge in [-0.2, -0.15) is 0 Å². The number of para-hydroxylation sites is 1. The Morgan fingerprint density at radius 3 is 2.75 bits per heavy atom. The Balaban J connectivity index is 2.56. The number of halogens is 2. The number of ether oxygens (including phenoxy) is 1. The number of benzene rings is 1. The van der Waals surface area contributed by atoms with Crippen molar-refractivity contribution in [1.29, 1.82) is 0 Å². The van der Waals surface area contributed by atoms with Crippen molar-refractivity contribution in [3.05, 3.63) is 39.9 Å². The Bertz CT molecular complexity index is 360. The second kappa shape index (κ2) is 6.12. The summed E-state index contributed by atoms with van der Waals surface area (Å²) in [6.07, 6.45) is -1.68. The van der Waals surface area contributed by atoms with Crippen molar-refractivity contribution in [3.8, 4) is 0 Å². The lowest BCUT2D eigenvalue weighted by Gasteiger charge is -2.06. The summed E-state index contributed by atoms with van der Waals surface area (Å²) in [7, 11) is 0. The summed E-state index contributed by atoms with van der Waals surface area (Å²) in [5.74, 6) is 0. The average molecular weight is 231 g/mol. The molecule has 0 amide bonds. The number of hydrogen-bond acceptors (Lipinski definition) is 3. The van der Waals surface area contributed by atoms with Crippen LogP contribution in [0, 0.1) is 10.1 Å². The molecule has 0 fully saturated rings. The topological polar surface area (TPSA) is 52.4 Å². The van der Waals surface area contributed by atoms with Gasteiger partial charge in [-0.3, -0.25) is 10.1 Å². The van der Waals surface area contributed by atoms with E-state index in [1.807, 2.05) is 0 Å². The van der Waals surface area contributed by atoms with E-state index in [-0.39, 0.29) is 12.3 Å². The molecule has 6 heteroatoms. The van der Waals surface area contributed by atoms with Crippen LogP contribution in [-0.4, -0.2) is 24.4 Å². The second-order valence-corrected chi connectivity index (χ2v) is 3.15. The van der Waals surface area contributed by atoms with E-state index < -0.39 is 24.4 Å². The summed E-state index contributed by atoms with van der Waals surface area (Å²) < 4.78 is 29.1. The fourth-order valence-electron chi connectivity index (χ4n) is 1.15. The molecule has 0 aliphatic heterocycles. The van der Waals surface area contributed by atoms with E-state index in [2.05, 4.69) is 0 Å². The lowest BCUT2D eigenvalue weighted by atomic mass is 10.2. The molecule has 1 atom stereocenters. The molecule has 88 valence electrons.